The number of benzene rings is 1. The van der Waals surface area contributed by atoms with Gasteiger partial charge < -0.3 is 9.64 Å². The van der Waals surface area contributed by atoms with Crippen LogP contribution >= 0.6 is 11.6 Å². The maximum Gasteiger partial charge on any atom is 0.229 e. The van der Waals surface area contributed by atoms with E-state index in [0.717, 1.165) is 0 Å². The Kier molecular flexibility index (Phi) is 4.51. The Hall–Kier alpha value is -2.28. The van der Waals surface area contributed by atoms with Gasteiger partial charge in [0.2, 0.25) is 11.8 Å². The normalized spacial score (nSPS) is 32.9. The number of amides is 1. The van der Waals surface area contributed by atoms with Gasteiger partial charge in [-0.3, -0.25) is 4.79 Å². The summed E-state index contributed by atoms with van der Waals surface area (Å²) in [5.41, 5.74) is 0.134. The summed E-state index contributed by atoms with van der Waals surface area (Å²) < 4.78 is 33.9. The van der Waals surface area contributed by atoms with E-state index in [2.05, 4.69) is 9.97 Å². The third-order valence-corrected chi connectivity index (χ3v) is 7.24. The van der Waals surface area contributed by atoms with E-state index in [4.69, 9.17) is 16.3 Å². The molecule has 1 saturated heterocycles. The van der Waals surface area contributed by atoms with Crippen molar-refractivity contribution in [3.8, 4) is 5.88 Å². The van der Waals surface area contributed by atoms with E-state index in [1.54, 1.807) is 23.1 Å². The number of ether oxygens (including phenoxy) is 1. The van der Waals surface area contributed by atoms with Crippen LogP contribution in [0.1, 0.15) is 44.2 Å². The second-order valence-corrected chi connectivity index (χ2v) is 9.36. The minimum atomic E-state index is -1.09. The molecule has 5 nitrogen and oxygen atoms in total. The second kappa shape index (κ2) is 6.87. The molecule has 2 aromatic rings. The lowest BCUT2D eigenvalue weighted by molar-refractivity contribution is -0.244. The van der Waals surface area contributed by atoms with Crippen LogP contribution in [0.3, 0.4) is 0 Å². The quantitative estimate of drug-likeness (QED) is 0.650. The fourth-order valence-corrected chi connectivity index (χ4v) is 5.69. The highest BCUT2D eigenvalue weighted by atomic mass is 35.5. The van der Waals surface area contributed by atoms with Crippen molar-refractivity contribution in [1.29, 1.82) is 0 Å². The molecule has 3 aliphatic carbocycles. The first-order chi connectivity index (χ1) is 14.3. The average Bonchev–Trinajstić information content (AvgIpc) is 3.01. The fraction of sp³-hybridized carbons (Fsp3) is 0.500. The van der Waals surface area contributed by atoms with Crippen molar-refractivity contribution in [2.45, 2.75) is 50.9 Å². The van der Waals surface area contributed by atoms with Crippen molar-refractivity contribution in [2.24, 2.45) is 10.8 Å². The molecule has 30 heavy (non-hydrogen) atoms. The summed E-state index contributed by atoms with van der Waals surface area (Å²) in [4.78, 5) is 22.9. The molecule has 4 aliphatic rings. The summed E-state index contributed by atoms with van der Waals surface area (Å²) >= 11 is 5.89. The lowest BCUT2D eigenvalue weighted by atomic mass is 9.33. The van der Waals surface area contributed by atoms with Gasteiger partial charge >= 0.3 is 0 Å². The average molecular weight is 434 g/mol. The number of halogens is 3. The van der Waals surface area contributed by atoms with Crippen LogP contribution in [0, 0.1) is 16.6 Å². The van der Waals surface area contributed by atoms with Crippen LogP contribution in [0.15, 0.2) is 36.7 Å². The fourth-order valence-electron chi connectivity index (χ4n) is 5.56. The predicted molar refractivity (Wildman–Crippen MR) is 106 cm³/mol. The van der Waals surface area contributed by atoms with Crippen LogP contribution < -0.4 is 4.74 Å². The zero-order valence-corrected chi connectivity index (χ0v) is 17.3. The topological polar surface area (TPSA) is 55.3 Å². The van der Waals surface area contributed by atoms with Crippen molar-refractivity contribution in [2.75, 3.05) is 6.54 Å². The van der Waals surface area contributed by atoms with Gasteiger partial charge in [0, 0.05) is 17.9 Å². The van der Waals surface area contributed by atoms with E-state index in [1.807, 2.05) is 6.92 Å². The summed E-state index contributed by atoms with van der Waals surface area (Å²) in [5, 5.41) is 0.314. The number of rotatable bonds is 5. The number of carbonyl (C=O) groups is 1. The smallest absolute Gasteiger partial charge is 0.229 e. The minimum Gasteiger partial charge on any atom is -0.474 e. The SMILES string of the molecule is CC(Oc1cc(Cl)ncn1)C12CC(C(=O)N3CC(F)CC3c3cccc(F)c3)(C1)C2. The zero-order valence-electron chi connectivity index (χ0n) is 16.5. The molecule has 3 saturated carbocycles. The molecule has 1 aromatic carbocycles. The van der Waals surface area contributed by atoms with Crippen molar-refractivity contribution in [3.63, 3.8) is 0 Å². The molecule has 6 rings (SSSR count). The summed E-state index contributed by atoms with van der Waals surface area (Å²) in [7, 11) is 0. The number of hydrogen-bond acceptors (Lipinski definition) is 4. The maximum atomic E-state index is 14.2. The molecule has 3 unspecified atom stereocenters. The molecule has 2 bridgehead atoms. The molecule has 158 valence electrons. The molecule has 1 amide bonds. The van der Waals surface area contributed by atoms with Crippen LogP contribution in [0.4, 0.5) is 8.78 Å². The summed E-state index contributed by atoms with van der Waals surface area (Å²) in [5.74, 6) is 0.0251. The Morgan fingerprint density at radius 3 is 2.77 bits per heavy atom. The molecule has 3 atom stereocenters. The monoisotopic (exact) mass is 433 g/mol. The third-order valence-electron chi connectivity index (χ3n) is 7.04. The van der Waals surface area contributed by atoms with Gasteiger partial charge in [-0.1, -0.05) is 23.7 Å². The van der Waals surface area contributed by atoms with Gasteiger partial charge in [0.25, 0.3) is 0 Å². The van der Waals surface area contributed by atoms with Crippen molar-refractivity contribution < 1.29 is 18.3 Å². The Morgan fingerprint density at radius 2 is 2.07 bits per heavy atom. The highest BCUT2D eigenvalue weighted by molar-refractivity contribution is 6.29. The molecule has 1 aromatic heterocycles. The van der Waals surface area contributed by atoms with E-state index in [-0.39, 0.29) is 36.2 Å². The lowest BCUT2D eigenvalue weighted by Crippen LogP contribution is -2.72. The standard InChI is InChI=1S/C22H22ClF2N3O2/c1-13(30-19-7-18(23)26-12-27-19)21-9-22(10-21,11-21)20(29)28-8-16(25)6-17(28)14-3-2-4-15(24)5-14/h2-5,7,12-13,16-17H,6,8-11H2,1H3. The first-order valence-corrected chi connectivity index (χ1v) is 10.5. The molecule has 0 radical (unpaired) electrons. The highest BCUT2D eigenvalue weighted by Crippen LogP contribution is 2.75. The lowest BCUT2D eigenvalue weighted by Gasteiger charge is -2.71. The van der Waals surface area contributed by atoms with Crippen LogP contribution in [-0.2, 0) is 4.79 Å². The van der Waals surface area contributed by atoms with Crippen molar-refractivity contribution >= 4 is 17.5 Å². The molecular formula is C22H22ClF2N3O2. The Morgan fingerprint density at radius 1 is 1.30 bits per heavy atom. The number of hydrogen-bond donors (Lipinski definition) is 0. The molecule has 0 spiro atoms. The molecule has 8 heteroatoms. The first-order valence-electron chi connectivity index (χ1n) is 10.2. The van der Waals surface area contributed by atoms with Gasteiger partial charge in [-0.25, -0.2) is 18.7 Å². The molecule has 0 N–H and O–H groups in total. The number of alkyl halides is 1. The van der Waals surface area contributed by atoms with Crippen LogP contribution in [0.5, 0.6) is 5.88 Å². The molecule has 4 fully saturated rings. The molecular weight excluding hydrogens is 412 g/mol. The van der Waals surface area contributed by atoms with Crippen LogP contribution in [0.2, 0.25) is 5.15 Å². The number of nitrogens with zero attached hydrogens (tertiary/aromatic N) is 3. The maximum absolute atomic E-state index is 14.2. The second-order valence-electron chi connectivity index (χ2n) is 8.97. The molecule has 2 heterocycles. The van der Waals surface area contributed by atoms with Crippen molar-refractivity contribution in [3.05, 3.63) is 53.2 Å². The van der Waals surface area contributed by atoms with Gasteiger partial charge in [-0.15, -0.1) is 0 Å². The van der Waals surface area contributed by atoms with Gasteiger partial charge in [0.05, 0.1) is 18.0 Å². The largest absolute Gasteiger partial charge is 0.474 e. The Bertz CT molecular complexity index is 984. The van der Waals surface area contributed by atoms with Gasteiger partial charge in [0.1, 0.15) is 29.6 Å². The number of aromatic nitrogens is 2. The first kappa shape index (κ1) is 19.7. The Balaban J connectivity index is 1.27. The number of likely N-dealkylation sites (tertiary alicyclic amines) is 1. The predicted octanol–water partition coefficient (Wildman–Crippen LogP) is 4.52. The molecule has 1 aliphatic heterocycles. The van der Waals surface area contributed by atoms with Crippen LogP contribution in [0.25, 0.3) is 0 Å². The van der Waals surface area contributed by atoms with Gasteiger partial charge in [0.15, 0.2) is 0 Å². The minimum absolute atomic E-state index is 0.0175. The third kappa shape index (κ3) is 3.06. The van der Waals surface area contributed by atoms with Crippen LogP contribution in [-0.4, -0.2) is 39.6 Å². The van der Waals surface area contributed by atoms with E-state index >= 15 is 0 Å². The number of carbonyl (C=O) groups excluding carboxylic acids is 1. The zero-order chi connectivity index (χ0) is 21.1. The summed E-state index contributed by atoms with van der Waals surface area (Å²) in [6.07, 6.45) is 2.49. The van der Waals surface area contributed by atoms with E-state index < -0.39 is 17.6 Å². The summed E-state index contributed by atoms with van der Waals surface area (Å²) in [6.45, 7) is 2.05. The van der Waals surface area contributed by atoms with Gasteiger partial charge in [-0.05, 0) is 43.9 Å². The van der Waals surface area contributed by atoms with E-state index in [1.165, 1.54) is 18.5 Å². The van der Waals surface area contributed by atoms with E-state index in [9.17, 15) is 13.6 Å². The van der Waals surface area contributed by atoms with E-state index in [0.29, 0.717) is 35.9 Å². The van der Waals surface area contributed by atoms with Gasteiger partial charge in [-0.2, -0.15) is 0 Å². The Labute approximate surface area is 178 Å². The van der Waals surface area contributed by atoms with Crippen molar-refractivity contribution in [1.82, 2.24) is 14.9 Å². The summed E-state index contributed by atoms with van der Waals surface area (Å²) in [6, 6.07) is 7.28. The highest BCUT2D eigenvalue weighted by Gasteiger charge is 2.74.